The molecule has 0 bridgehead atoms. The van der Waals surface area contributed by atoms with Crippen molar-refractivity contribution in [1.29, 1.82) is 0 Å². The van der Waals surface area contributed by atoms with Crippen molar-refractivity contribution >= 4 is 5.97 Å². The molecule has 0 radical (unpaired) electrons. The van der Waals surface area contributed by atoms with Gasteiger partial charge >= 0.3 is 5.97 Å². The third-order valence-electron chi connectivity index (χ3n) is 1.47. The van der Waals surface area contributed by atoms with E-state index >= 15 is 0 Å². The Hall–Kier alpha value is -2.18. The van der Waals surface area contributed by atoms with Crippen molar-refractivity contribution < 1.29 is 9.90 Å². The van der Waals surface area contributed by atoms with Gasteiger partial charge in [-0.25, -0.2) is 9.78 Å². The fourth-order valence-electron chi connectivity index (χ4n) is 0.881. The molecule has 0 atom stereocenters. The van der Waals surface area contributed by atoms with Gasteiger partial charge in [-0.3, -0.25) is 10.2 Å². The maximum absolute atomic E-state index is 10.5. The van der Waals surface area contributed by atoms with Gasteiger partial charge in [-0.1, -0.05) is 0 Å². The number of hydrogen-bond donors (Lipinski definition) is 3. The van der Waals surface area contributed by atoms with Gasteiger partial charge in [-0.15, -0.1) is 0 Å². The van der Waals surface area contributed by atoms with Crippen molar-refractivity contribution in [3.05, 3.63) is 18.1 Å². The third kappa shape index (κ3) is 1.26. The molecule has 0 saturated heterocycles. The number of rotatable bonds is 2. The molecule has 13 heavy (non-hydrogen) atoms. The molecule has 0 spiro atoms. The molecule has 0 aliphatic rings. The summed E-state index contributed by atoms with van der Waals surface area (Å²) in [5.41, 5.74) is 0.446. The molecule has 7 nitrogen and oxygen atoms in total. The highest BCUT2D eigenvalue weighted by Gasteiger charge is 2.10. The van der Waals surface area contributed by atoms with Crippen LogP contribution in [0.4, 0.5) is 0 Å². The lowest BCUT2D eigenvalue weighted by Gasteiger charge is -1.82. The zero-order valence-electron chi connectivity index (χ0n) is 6.35. The summed E-state index contributed by atoms with van der Waals surface area (Å²) in [5.74, 6) is -0.623. The summed E-state index contributed by atoms with van der Waals surface area (Å²) in [6, 6.07) is 1.38. The summed E-state index contributed by atoms with van der Waals surface area (Å²) in [7, 11) is 0. The molecule has 66 valence electrons. The van der Waals surface area contributed by atoms with Crippen molar-refractivity contribution in [3.8, 4) is 11.5 Å². The number of carboxylic acids is 1. The first kappa shape index (κ1) is 7.47. The molecule has 0 aromatic carbocycles. The van der Waals surface area contributed by atoms with Crippen LogP contribution >= 0.6 is 0 Å². The maximum Gasteiger partial charge on any atom is 0.353 e. The molecule has 0 amide bonds. The van der Waals surface area contributed by atoms with Crippen LogP contribution in [0.25, 0.3) is 11.5 Å². The lowest BCUT2D eigenvalue weighted by atomic mass is 10.3. The molecular formula is C6H5N5O2. The van der Waals surface area contributed by atoms with Crippen LogP contribution in [-0.4, -0.2) is 36.5 Å². The fraction of sp³-hybridized carbons (Fsp3) is 0. The van der Waals surface area contributed by atoms with Gasteiger partial charge in [-0.2, -0.15) is 10.2 Å². The number of aromatic amines is 2. The number of nitrogens with one attached hydrogen (secondary N) is 2. The minimum Gasteiger partial charge on any atom is -0.477 e. The van der Waals surface area contributed by atoms with Crippen LogP contribution in [-0.2, 0) is 0 Å². The average Bonchev–Trinajstić information content (AvgIpc) is 2.75. The van der Waals surface area contributed by atoms with Gasteiger partial charge in [0.1, 0.15) is 17.7 Å². The van der Waals surface area contributed by atoms with E-state index in [4.69, 9.17) is 5.11 Å². The van der Waals surface area contributed by atoms with Crippen molar-refractivity contribution in [2.45, 2.75) is 0 Å². The summed E-state index contributed by atoms with van der Waals surface area (Å²) in [6.45, 7) is 0. The van der Waals surface area contributed by atoms with Gasteiger partial charge in [0.15, 0.2) is 5.82 Å². The number of nitrogens with zero attached hydrogens (tertiary/aromatic N) is 3. The van der Waals surface area contributed by atoms with Gasteiger partial charge in [0, 0.05) is 6.07 Å². The van der Waals surface area contributed by atoms with Crippen LogP contribution in [0.5, 0.6) is 0 Å². The Kier molecular flexibility index (Phi) is 1.55. The smallest absolute Gasteiger partial charge is 0.353 e. The lowest BCUT2D eigenvalue weighted by molar-refractivity contribution is 0.0690. The zero-order valence-corrected chi connectivity index (χ0v) is 6.35. The molecule has 2 aromatic rings. The topological polar surface area (TPSA) is 108 Å². The highest BCUT2D eigenvalue weighted by molar-refractivity contribution is 5.86. The number of carboxylic acid groups (broad SMARTS) is 1. The van der Waals surface area contributed by atoms with Crippen molar-refractivity contribution in [2.24, 2.45) is 0 Å². The molecule has 0 fully saturated rings. The van der Waals surface area contributed by atoms with Crippen molar-refractivity contribution in [2.75, 3.05) is 0 Å². The highest BCUT2D eigenvalue weighted by Crippen LogP contribution is 2.10. The first-order valence-corrected chi connectivity index (χ1v) is 3.42. The number of H-pyrrole nitrogens is 2. The lowest BCUT2D eigenvalue weighted by Crippen LogP contribution is -1.95. The van der Waals surface area contributed by atoms with Crippen LogP contribution in [0.15, 0.2) is 12.4 Å². The average molecular weight is 179 g/mol. The van der Waals surface area contributed by atoms with E-state index in [0.29, 0.717) is 11.5 Å². The second kappa shape index (κ2) is 2.70. The van der Waals surface area contributed by atoms with E-state index in [1.54, 1.807) is 0 Å². The number of carbonyl (C=O) groups is 1. The van der Waals surface area contributed by atoms with Crippen molar-refractivity contribution in [3.63, 3.8) is 0 Å². The first-order valence-electron chi connectivity index (χ1n) is 3.42. The Labute approximate surface area is 71.8 Å². The van der Waals surface area contributed by atoms with E-state index in [9.17, 15) is 4.79 Å². The fourth-order valence-corrected chi connectivity index (χ4v) is 0.881. The third-order valence-corrected chi connectivity index (χ3v) is 1.47. The summed E-state index contributed by atoms with van der Waals surface area (Å²) in [5, 5.41) is 20.9. The van der Waals surface area contributed by atoms with Gasteiger partial charge in [-0.05, 0) is 0 Å². The Morgan fingerprint density at radius 3 is 2.85 bits per heavy atom. The maximum atomic E-state index is 10.5. The number of aromatic nitrogens is 5. The number of hydrogen-bond acceptors (Lipinski definition) is 4. The van der Waals surface area contributed by atoms with Gasteiger partial charge < -0.3 is 5.11 Å². The molecule has 0 aliphatic carbocycles. The molecule has 2 aromatic heterocycles. The Morgan fingerprint density at radius 1 is 1.46 bits per heavy atom. The quantitative estimate of drug-likeness (QED) is 0.596. The SMILES string of the molecule is O=C(O)c1cc(-c2ncn[nH]2)n[nH]1. The summed E-state index contributed by atoms with van der Waals surface area (Å²) < 4.78 is 0. The number of aromatic carboxylic acids is 1. The summed E-state index contributed by atoms with van der Waals surface area (Å²) in [6.07, 6.45) is 1.32. The molecule has 2 rings (SSSR count). The molecular weight excluding hydrogens is 174 g/mol. The largest absolute Gasteiger partial charge is 0.477 e. The zero-order chi connectivity index (χ0) is 9.26. The minimum atomic E-state index is -1.06. The molecule has 7 heteroatoms. The second-order valence-corrected chi connectivity index (χ2v) is 2.31. The van der Waals surface area contributed by atoms with Gasteiger partial charge in [0.05, 0.1) is 0 Å². The van der Waals surface area contributed by atoms with E-state index < -0.39 is 5.97 Å². The first-order chi connectivity index (χ1) is 6.27. The van der Waals surface area contributed by atoms with Crippen LogP contribution < -0.4 is 0 Å². The van der Waals surface area contributed by atoms with E-state index in [-0.39, 0.29) is 5.69 Å². The van der Waals surface area contributed by atoms with E-state index in [1.807, 2.05) is 0 Å². The van der Waals surface area contributed by atoms with Gasteiger partial charge in [0.25, 0.3) is 0 Å². The van der Waals surface area contributed by atoms with E-state index in [0.717, 1.165) is 0 Å². The molecule has 0 unspecified atom stereocenters. The Morgan fingerprint density at radius 2 is 2.31 bits per heavy atom. The molecule has 0 aliphatic heterocycles. The van der Waals surface area contributed by atoms with Gasteiger partial charge in [0.2, 0.25) is 0 Å². The van der Waals surface area contributed by atoms with E-state index in [1.165, 1.54) is 12.4 Å². The Bertz CT molecular complexity index is 418. The summed E-state index contributed by atoms with van der Waals surface area (Å²) >= 11 is 0. The van der Waals surface area contributed by atoms with Crippen LogP contribution in [0.3, 0.4) is 0 Å². The van der Waals surface area contributed by atoms with Crippen LogP contribution in [0.1, 0.15) is 10.5 Å². The predicted octanol–water partition coefficient (Wildman–Crippen LogP) is -0.107. The monoisotopic (exact) mass is 179 g/mol. The predicted molar refractivity (Wildman–Crippen MR) is 40.9 cm³/mol. The molecule has 0 saturated carbocycles. The second-order valence-electron chi connectivity index (χ2n) is 2.31. The Balaban J connectivity index is 2.39. The highest BCUT2D eigenvalue weighted by atomic mass is 16.4. The molecule has 3 N–H and O–H groups in total. The van der Waals surface area contributed by atoms with E-state index in [2.05, 4.69) is 25.4 Å². The van der Waals surface area contributed by atoms with Crippen LogP contribution in [0.2, 0.25) is 0 Å². The molecule has 2 heterocycles. The minimum absolute atomic E-state index is 0.0198. The normalized spacial score (nSPS) is 10.2. The summed E-state index contributed by atoms with van der Waals surface area (Å²) in [4.78, 5) is 14.3. The standard InChI is InChI=1S/C6H5N5O2/c12-6(13)4-1-3(9-10-4)5-7-2-8-11-5/h1-2H,(H,9,10)(H,12,13)(H,7,8,11). The van der Waals surface area contributed by atoms with Crippen LogP contribution in [0, 0.1) is 0 Å². The van der Waals surface area contributed by atoms with Crippen molar-refractivity contribution in [1.82, 2.24) is 25.4 Å².